The number of rotatable bonds is 8. The van der Waals surface area contributed by atoms with Crippen LogP contribution in [0, 0.1) is 10.1 Å². The van der Waals surface area contributed by atoms with Crippen molar-refractivity contribution in [3.63, 3.8) is 0 Å². The van der Waals surface area contributed by atoms with Gasteiger partial charge in [0.25, 0.3) is 5.69 Å². The Bertz CT molecular complexity index is 1350. The Kier molecular flexibility index (Phi) is 6.28. The molecule has 0 fully saturated rings. The van der Waals surface area contributed by atoms with Crippen molar-refractivity contribution in [1.82, 2.24) is 20.0 Å². The van der Waals surface area contributed by atoms with Crippen molar-refractivity contribution in [3.8, 4) is 28.5 Å². The van der Waals surface area contributed by atoms with Gasteiger partial charge in [-0.1, -0.05) is 17.3 Å². The number of anilines is 2. The average Bonchev–Trinajstić information content (AvgIpc) is 3.26. The standard InChI is InChI=1S/C23H25N7O4/c1-28(2)11-12-29(3)17-13-16(30(31)32)20(24)19(22(17)33-4)23-25-10-9-15(26-23)21-14-7-5-6-8-18(14)34-27-21/h5-10,13H,11-12,24H2,1-4H3. The molecule has 4 aromatic rings. The molecule has 4 rings (SSSR count). The van der Waals surface area contributed by atoms with Gasteiger partial charge in [-0.15, -0.1) is 0 Å². The quantitative estimate of drug-likeness (QED) is 0.235. The van der Waals surface area contributed by atoms with Crippen LogP contribution in [0.2, 0.25) is 0 Å². The molecule has 0 aliphatic carbocycles. The van der Waals surface area contributed by atoms with Gasteiger partial charge in [0, 0.05) is 32.4 Å². The SMILES string of the molecule is COc1c(N(C)CCN(C)C)cc([N+](=O)[O-])c(N)c1-c1nccc(-c2noc3ccccc23)n1. The van der Waals surface area contributed by atoms with E-state index in [4.69, 9.17) is 15.0 Å². The topological polar surface area (TPSA) is 137 Å². The van der Waals surface area contributed by atoms with Crippen LogP contribution in [0.15, 0.2) is 47.1 Å². The number of nitrogens with zero attached hydrogens (tertiary/aromatic N) is 6. The van der Waals surface area contributed by atoms with Crippen molar-refractivity contribution in [1.29, 1.82) is 0 Å². The van der Waals surface area contributed by atoms with Crippen LogP contribution in [0.4, 0.5) is 17.1 Å². The predicted molar refractivity (Wildman–Crippen MR) is 130 cm³/mol. The van der Waals surface area contributed by atoms with Crippen LogP contribution in [0.1, 0.15) is 0 Å². The molecular formula is C23H25N7O4. The van der Waals surface area contributed by atoms with Crippen LogP contribution in [-0.2, 0) is 0 Å². The average molecular weight is 463 g/mol. The lowest BCUT2D eigenvalue weighted by atomic mass is 10.1. The van der Waals surface area contributed by atoms with Gasteiger partial charge < -0.3 is 24.8 Å². The van der Waals surface area contributed by atoms with Gasteiger partial charge in [0.15, 0.2) is 17.2 Å². The van der Waals surface area contributed by atoms with Crippen molar-refractivity contribution in [2.75, 3.05) is 52.0 Å². The van der Waals surface area contributed by atoms with Crippen molar-refractivity contribution in [2.45, 2.75) is 0 Å². The highest BCUT2D eigenvalue weighted by Crippen LogP contribution is 2.46. The Labute approximate surface area is 195 Å². The number of nitro benzene ring substituents is 1. The second-order valence-electron chi connectivity index (χ2n) is 8.01. The Morgan fingerprint density at radius 1 is 1.18 bits per heavy atom. The number of ether oxygens (including phenoxy) is 1. The molecule has 2 N–H and O–H groups in total. The largest absolute Gasteiger partial charge is 0.494 e. The number of aromatic nitrogens is 3. The fourth-order valence-corrected chi connectivity index (χ4v) is 3.67. The number of nitrogens with two attached hydrogens (primary N) is 1. The van der Waals surface area contributed by atoms with Gasteiger partial charge in [0.2, 0.25) is 0 Å². The lowest BCUT2D eigenvalue weighted by Crippen LogP contribution is -2.29. The number of methoxy groups -OCH3 is 1. The normalized spacial score (nSPS) is 11.2. The van der Waals surface area contributed by atoms with Gasteiger partial charge in [0.05, 0.1) is 34.4 Å². The Morgan fingerprint density at radius 2 is 1.94 bits per heavy atom. The molecule has 0 amide bonds. The van der Waals surface area contributed by atoms with Gasteiger partial charge >= 0.3 is 0 Å². The monoisotopic (exact) mass is 463 g/mol. The number of hydrogen-bond donors (Lipinski definition) is 1. The summed E-state index contributed by atoms with van der Waals surface area (Å²) in [7, 11) is 7.23. The van der Waals surface area contributed by atoms with Crippen LogP contribution in [0.3, 0.4) is 0 Å². The first-order valence-corrected chi connectivity index (χ1v) is 10.5. The molecule has 0 atom stereocenters. The van der Waals surface area contributed by atoms with Crippen molar-refractivity contribution < 1.29 is 14.2 Å². The van der Waals surface area contributed by atoms with E-state index in [1.807, 2.05) is 55.2 Å². The molecule has 0 unspecified atom stereocenters. The molecular weight excluding hydrogens is 438 g/mol. The van der Waals surface area contributed by atoms with E-state index in [1.54, 1.807) is 12.3 Å². The third-order valence-corrected chi connectivity index (χ3v) is 5.47. The highest BCUT2D eigenvalue weighted by atomic mass is 16.6. The van der Waals surface area contributed by atoms with E-state index in [1.165, 1.54) is 13.2 Å². The fourth-order valence-electron chi connectivity index (χ4n) is 3.67. The minimum atomic E-state index is -0.517. The summed E-state index contributed by atoms with van der Waals surface area (Å²) in [5.41, 5.74) is 8.37. The maximum absolute atomic E-state index is 11.8. The molecule has 0 aliphatic heterocycles. The second kappa shape index (κ2) is 9.32. The van der Waals surface area contributed by atoms with Crippen LogP contribution in [0.5, 0.6) is 5.75 Å². The summed E-state index contributed by atoms with van der Waals surface area (Å²) in [5.74, 6) is 0.538. The molecule has 11 nitrogen and oxygen atoms in total. The van der Waals surface area contributed by atoms with E-state index in [-0.39, 0.29) is 22.8 Å². The van der Waals surface area contributed by atoms with E-state index in [9.17, 15) is 10.1 Å². The molecule has 2 aromatic carbocycles. The van der Waals surface area contributed by atoms with E-state index < -0.39 is 4.92 Å². The van der Waals surface area contributed by atoms with Crippen LogP contribution in [0.25, 0.3) is 33.7 Å². The molecule has 176 valence electrons. The summed E-state index contributed by atoms with van der Waals surface area (Å²) in [6, 6.07) is 10.5. The van der Waals surface area contributed by atoms with Crippen molar-refractivity contribution in [3.05, 3.63) is 52.7 Å². The third-order valence-electron chi connectivity index (χ3n) is 5.47. The highest BCUT2D eigenvalue weighted by Gasteiger charge is 2.28. The highest BCUT2D eigenvalue weighted by molar-refractivity contribution is 5.93. The number of nitro groups is 1. The van der Waals surface area contributed by atoms with Gasteiger partial charge in [-0.05, 0) is 32.3 Å². The summed E-state index contributed by atoms with van der Waals surface area (Å²) in [5, 5.41) is 16.8. The first kappa shape index (κ1) is 22.9. The third kappa shape index (κ3) is 4.20. The number of para-hydroxylation sites is 1. The Morgan fingerprint density at radius 3 is 2.65 bits per heavy atom. The lowest BCUT2D eigenvalue weighted by Gasteiger charge is -2.25. The number of benzene rings is 2. The van der Waals surface area contributed by atoms with E-state index in [2.05, 4.69) is 15.1 Å². The summed E-state index contributed by atoms with van der Waals surface area (Å²) < 4.78 is 11.1. The van der Waals surface area contributed by atoms with Gasteiger partial charge in [-0.25, -0.2) is 9.97 Å². The van der Waals surface area contributed by atoms with Crippen molar-refractivity contribution >= 4 is 28.0 Å². The van der Waals surface area contributed by atoms with E-state index in [0.717, 1.165) is 11.9 Å². The van der Waals surface area contributed by atoms with E-state index >= 15 is 0 Å². The summed E-state index contributed by atoms with van der Waals surface area (Å²) in [6.45, 7) is 1.34. The van der Waals surface area contributed by atoms with Crippen LogP contribution in [-0.4, -0.2) is 66.3 Å². The summed E-state index contributed by atoms with van der Waals surface area (Å²) in [6.07, 6.45) is 1.55. The molecule has 0 aliphatic rings. The Hall–Kier alpha value is -4.25. The minimum Gasteiger partial charge on any atom is -0.494 e. The van der Waals surface area contributed by atoms with Gasteiger partial charge in [0.1, 0.15) is 11.4 Å². The molecule has 0 radical (unpaired) electrons. The molecule has 2 aromatic heterocycles. The molecule has 0 bridgehead atoms. The molecule has 0 saturated heterocycles. The van der Waals surface area contributed by atoms with Gasteiger partial charge in [-0.3, -0.25) is 10.1 Å². The van der Waals surface area contributed by atoms with Crippen LogP contribution < -0.4 is 15.4 Å². The van der Waals surface area contributed by atoms with Gasteiger partial charge in [-0.2, -0.15) is 0 Å². The van der Waals surface area contributed by atoms with E-state index in [0.29, 0.717) is 35.0 Å². The smallest absolute Gasteiger partial charge is 0.295 e. The molecule has 0 saturated carbocycles. The number of likely N-dealkylation sites (N-methyl/N-ethyl adjacent to an activating group) is 2. The number of fused-ring (bicyclic) bond motifs is 1. The molecule has 11 heteroatoms. The minimum absolute atomic E-state index is 0.0752. The summed E-state index contributed by atoms with van der Waals surface area (Å²) in [4.78, 5) is 24.2. The second-order valence-corrected chi connectivity index (χ2v) is 8.01. The Balaban J connectivity index is 1.90. The molecule has 2 heterocycles. The zero-order chi connectivity index (χ0) is 24.4. The number of hydrogen-bond acceptors (Lipinski definition) is 10. The predicted octanol–water partition coefficient (Wildman–Crippen LogP) is 3.45. The maximum Gasteiger partial charge on any atom is 0.295 e. The molecule has 0 spiro atoms. The van der Waals surface area contributed by atoms with Crippen molar-refractivity contribution in [2.24, 2.45) is 0 Å². The number of nitrogen functional groups attached to an aromatic ring is 1. The van der Waals surface area contributed by atoms with Crippen LogP contribution >= 0.6 is 0 Å². The lowest BCUT2D eigenvalue weighted by molar-refractivity contribution is -0.383. The first-order chi connectivity index (χ1) is 16.3. The zero-order valence-corrected chi connectivity index (χ0v) is 19.3. The zero-order valence-electron chi connectivity index (χ0n) is 19.3. The summed E-state index contributed by atoms with van der Waals surface area (Å²) >= 11 is 0. The molecule has 34 heavy (non-hydrogen) atoms. The maximum atomic E-state index is 11.8. The first-order valence-electron chi connectivity index (χ1n) is 10.5. The fraction of sp³-hybridized carbons (Fsp3) is 0.261.